The van der Waals surface area contributed by atoms with Crippen molar-refractivity contribution in [2.24, 2.45) is 0 Å². The van der Waals surface area contributed by atoms with E-state index in [2.05, 4.69) is 47.9 Å². The Morgan fingerprint density at radius 1 is 1.33 bits per heavy atom. The molecule has 0 spiro atoms. The standard InChI is InChI=1S/C16H24N2/c1-12(10-14-8-5-9-17-14)18-16-11-15(16)13-6-3-2-4-7-13/h2-4,6-7,12,14-18H,5,8-11H2,1H3. The fourth-order valence-corrected chi connectivity index (χ4v) is 3.27. The van der Waals surface area contributed by atoms with Crippen LogP contribution in [0.2, 0.25) is 0 Å². The van der Waals surface area contributed by atoms with Gasteiger partial charge in [0.1, 0.15) is 0 Å². The van der Waals surface area contributed by atoms with Crippen molar-refractivity contribution < 1.29 is 0 Å². The fraction of sp³-hybridized carbons (Fsp3) is 0.625. The summed E-state index contributed by atoms with van der Waals surface area (Å²) in [5, 5.41) is 7.37. The van der Waals surface area contributed by atoms with Crippen molar-refractivity contribution in [1.82, 2.24) is 10.6 Å². The summed E-state index contributed by atoms with van der Waals surface area (Å²) in [6.07, 6.45) is 5.30. The van der Waals surface area contributed by atoms with Crippen molar-refractivity contribution in [3.63, 3.8) is 0 Å². The lowest BCUT2D eigenvalue weighted by Crippen LogP contribution is -2.35. The van der Waals surface area contributed by atoms with Crippen LogP contribution in [-0.2, 0) is 0 Å². The number of hydrogen-bond donors (Lipinski definition) is 2. The molecule has 1 aliphatic carbocycles. The number of nitrogens with one attached hydrogen (secondary N) is 2. The van der Waals surface area contributed by atoms with Crippen molar-refractivity contribution in [2.45, 2.75) is 56.7 Å². The van der Waals surface area contributed by atoms with Crippen LogP contribution < -0.4 is 10.6 Å². The van der Waals surface area contributed by atoms with Crippen molar-refractivity contribution in [2.75, 3.05) is 6.54 Å². The molecule has 3 rings (SSSR count). The van der Waals surface area contributed by atoms with Gasteiger partial charge in [-0.25, -0.2) is 0 Å². The van der Waals surface area contributed by atoms with Crippen LogP contribution in [0.3, 0.4) is 0 Å². The SMILES string of the molecule is CC(CC1CCCN1)NC1CC1c1ccccc1. The fourth-order valence-electron chi connectivity index (χ4n) is 3.27. The maximum absolute atomic E-state index is 3.79. The highest BCUT2D eigenvalue weighted by molar-refractivity contribution is 5.27. The highest BCUT2D eigenvalue weighted by atomic mass is 15.0. The summed E-state index contributed by atoms with van der Waals surface area (Å²) >= 11 is 0. The summed E-state index contributed by atoms with van der Waals surface area (Å²) in [6.45, 7) is 3.55. The molecule has 98 valence electrons. The lowest BCUT2D eigenvalue weighted by Gasteiger charge is -2.18. The molecule has 0 amide bonds. The summed E-state index contributed by atoms with van der Waals surface area (Å²) in [5.74, 6) is 0.755. The Morgan fingerprint density at radius 2 is 2.17 bits per heavy atom. The molecule has 2 heteroatoms. The zero-order chi connectivity index (χ0) is 12.4. The third kappa shape index (κ3) is 2.93. The first-order valence-corrected chi connectivity index (χ1v) is 7.37. The first-order valence-electron chi connectivity index (χ1n) is 7.37. The molecule has 2 aliphatic rings. The predicted molar refractivity (Wildman–Crippen MR) is 75.8 cm³/mol. The first-order chi connectivity index (χ1) is 8.83. The van der Waals surface area contributed by atoms with Crippen molar-refractivity contribution in [3.05, 3.63) is 35.9 Å². The quantitative estimate of drug-likeness (QED) is 0.832. The summed E-state index contributed by atoms with van der Waals surface area (Å²) in [7, 11) is 0. The van der Waals surface area contributed by atoms with E-state index in [0.29, 0.717) is 12.1 Å². The summed E-state index contributed by atoms with van der Waals surface area (Å²) in [5.41, 5.74) is 1.50. The molecule has 2 N–H and O–H groups in total. The summed E-state index contributed by atoms with van der Waals surface area (Å²) < 4.78 is 0. The molecule has 4 atom stereocenters. The van der Waals surface area contributed by atoms with Gasteiger partial charge in [0.25, 0.3) is 0 Å². The molecule has 0 aromatic heterocycles. The maximum Gasteiger partial charge on any atom is 0.0145 e. The second-order valence-electron chi connectivity index (χ2n) is 5.96. The van der Waals surface area contributed by atoms with E-state index in [1.54, 1.807) is 0 Å². The third-order valence-electron chi connectivity index (χ3n) is 4.32. The molecule has 1 saturated heterocycles. The van der Waals surface area contributed by atoms with Gasteiger partial charge in [0.05, 0.1) is 0 Å². The highest BCUT2D eigenvalue weighted by Gasteiger charge is 2.38. The molecule has 1 aliphatic heterocycles. The minimum Gasteiger partial charge on any atom is -0.314 e. The first kappa shape index (κ1) is 12.2. The Bertz CT molecular complexity index is 370. The molecular weight excluding hydrogens is 220 g/mol. The highest BCUT2D eigenvalue weighted by Crippen LogP contribution is 2.41. The van der Waals surface area contributed by atoms with Crippen LogP contribution in [0.4, 0.5) is 0 Å². The van der Waals surface area contributed by atoms with Gasteiger partial charge in [0.15, 0.2) is 0 Å². The molecule has 0 radical (unpaired) electrons. The number of hydrogen-bond acceptors (Lipinski definition) is 2. The molecule has 4 unspecified atom stereocenters. The molecule has 1 heterocycles. The van der Waals surface area contributed by atoms with Crippen LogP contribution in [-0.4, -0.2) is 24.7 Å². The van der Waals surface area contributed by atoms with Gasteiger partial charge in [-0.15, -0.1) is 0 Å². The van der Waals surface area contributed by atoms with Gasteiger partial charge in [0.2, 0.25) is 0 Å². The van der Waals surface area contributed by atoms with Gasteiger partial charge in [-0.2, -0.15) is 0 Å². The zero-order valence-corrected chi connectivity index (χ0v) is 11.2. The Morgan fingerprint density at radius 3 is 2.89 bits per heavy atom. The van der Waals surface area contributed by atoms with Crippen LogP contribution in [0.15, 0.2) is 30.3 Å². The van der Waals surface area contributed by atoms with Crippen LogP contribution >= 0.6 is 0 Å². The molecule has 1 aromatic rings. The van der Waals surface area contributed by atoms with Gasteiger partial charge in [-0.05, 0) is 44.7 Å². The lowest BCUT2D eigenvalue weighted by atomic mass is 10.1. The Balaban J connectivity index is 1.44. The minimum atomic E-state index is 0.638. The van der Waals surface area contributed by atoms with E-state index >= 15 is 0 Å². The molecular formula is C16H24N2. The number of benzene rings is 1. The maximum atomic E-state index is 3.79. The Labute approximate surface area is 110 Å². The molecule has 2 nitrogen and oxygen atoms in total. The van der Waals surface area contributed by atoms with E-state index in [4.69, 9.17) is 0 Å². The lowest BCUT2D eigenvalue weighted by molar-refractivity contribution is 0.436. The van der Waals surface area contributed by atoms with Crippen LogP contribution in [0.1, 0.15) is 44.1 Å². The summed E-state index contributed by atoms with van der Waals surface area (Å²) in [4.78, 5) is 0. The second-order valence-corrected chi connectivity index (χ2v) is 5.96. The Kier molecular flexibility index (Phi) is 3.67. The molecule has 0 bridgehead atoms. The van der Waals surface area contributed by atoms with Crippen LogP contribution in [0.25, 0.3) is 0 Å². The monoisotopic (exact) mass is 244 g/mol. The smallest absolute Gasteiger partial charge is 0.0145 e. The molecule has 18 heavy (non-hydrogen) atoms. The van der Waals surface area contributed by atoms with Crippen LogP contribution in [0, 0.1) is 0 Å². The van der Waals surface area contributed by atoms with E-state index in [1.807, 2.05) is 0 Å². The van der Waals surface area contributed by atoms with Gasteiger partial charge < -0.3 is 10.6 Å². The average molecular weight is 244 g/mol. The largest absolute Gasteiger partial charge is 0.314 e. The van der Waals surface area contributed by atoms with E-state index in [1.165, 1.54) is 37.8 Å². The van der Waals surface area contributed by atoms with Crippen molar-refractivity contribution in [1.29, 1.82) is 0 Å². The second kappa shape index (κ2) is 5.41. The summed E-state index contributed by atoms with van der Waals surface area (Å²) in [6, 6.07) is 13.0. The topological polar surface area (TPSA) is 24.1 Å². The Hall–Kier alpha value is -0.860. The third-order valence-corrected chi connectivity index (χ3v) is 4.32. The van der Waals surface area contributed by atoms with Crippen LogP contribution in [0.5, 0.6) is 0 Å². The van der Waals surface area contributed by atoms with Gasteiger partial charge in [-0.1, -0.05) is 30.3 Å². The molecule has 1 saturated carbocycles. The average Bonchev–Trinajstić information content (AvgIpc) is 2.95. The van der Waals surface area contributed by atoms with Crippen molar-refractivity contribution >= 4 is 0 Å². The van der Waals surface area contributed by atoms with E-state index in [0.717, 1.165) is 12.0 Å². The zero-order valence-electron chi connectivity index (χ0n) is 11.2. The van der Waals surface area contributed by atoms with Crippen molar-refractivity contribution in [3.8, 4) is 0 Å². The van der Waals surface area contributed by atoms with Gasteiger partial charge >= 0.3 is 0 Å². The molecule has 1 aromatic carbocycles. The normalized spacial score (nSPS) is 32.4. The van der Waals surface area contributed by atoms with Gasteiger partial charge in [0, 0.05) is 24.0 Å². The van der Waals surface area contributed by atoms with Gasteiger partial charge in [-0.3, -0.25) is 0 Å². The minimum absolute atomic E-state index is 0.638. The van der Waals surface area contributed by atoms with E-state index in [9.17, 15) is 0 Å². The van der Waals surface area contributed by atoms with E-state index in [-0.39, 0.29) is 0 Å². The van der Waals surface area contributed by atoms with E-state index < -0.39 is 0 Å². The molecule has 2 fully saturated rings. The number of rotatable bonds is 5. The predicted octanol–water partition coefficient (Wildman–Crippen LogP) is 2.66.